The molecule has 11 nitrogen and oxygen atoms in total. The number of amides is 2. The van der Waals surface area contributed by atoms with E-state index < -0.39 is 30.2 Å². The SMILES string of the molecule is COC(=O)[C@@H]1Cc2c([nH]c3ccccc23)[C@@H](c2cc(OC)c(OC)c(OC)c2)N1C(=O)[C@@H]1CCCN1C(=O)OCC1c2ccccc2-c2ccccc21. The zero-order chi connectivity index (χ0) is 36.8. The molecule has 4 aromatic carbocycles. The summed E-state index contributed by atoms with van der Waals surface area (Å²) in [6.45, 7) is 0.474. The monoisotopic (exact) mass is 715 g/mol. The van der Waals surface area contributed by atoms with Gasteiger partial charge in [-0.25, -0.2) is 9.59 Å². The number of H-pyrrole nitrogens is 1. The second-order valence-corrected chi connectivity index (χ2v) is 13.6. The van der Waals surface area contributed by atoms with E-state index in [1.54, 1.807) is 17.0 Å². The maximum absolute atomic E-state index is 15.1. The van der Waals surface area contributed by atoms with Crippen LogP contribution < -0.4 is 14.2 Å². The molecular formula is C42H41N3O8. The number of nitrogens with one attached hydrogen (secondary N) is 1. The molecule has 5 aromatic rings. The molecule has 0 unspecified atom stereocenters. The van der Waals surface area contributed by atoms with Crippen LogP contribution in [0.15, 0.2) is 84.9 Å². The molecule has 0 bridgehead atoms. The van der Waals surface area contributed by atoms with E-state index in [4.69, 9.17) is 23.7 Å². The minimum atomic E-state index is -0.992. The standard InChI is InChI=1S/C42H41N3O8/c1-49-35-20-24(21-36(50-2)39(35)51-3)38-37-30(29-16-9-10-17-32(29)43-37)22-34(41(47)52-4)45(38)40(46)33-18-11-19-44(33)42(48)53-23-31-27-14-7-5-12-25(27)26-13-6-8-15-28(26)31/h5-10,12-17,20-21,31,33-34,38,43H,11,18-19,22-23H2,1-4H3/t33-,34-,38+/m0/s1. The molecular weight excluding hydrogens is 674 g/mol. The molecule has 3 heterocycles. The zero-order valence-electron chi connectivity index (χ0n) is 30.1. The van der Waals surface area contributed by atoms with Crippen LogP contribution in [0.5, 0.6) is 17.2 Å². The normalized spacial score (nSPS) is 19.0. The molecule has 1 aliphatic carbocycles. The fourth-order valence-electron chi connectivity index (χ4n) is 8.58. The van der Waals surface area contributed by atoms with Gasteiger partial charge in [-0.3, -0.25) is 9.69 Å². The summed E-state index contributed by atoms with van der Waals surface area (Å²) in [5.74, 6) is 0.123. The number of fused-ring (bicyclic) bond motifs is 6. The first-order valence-corrected chi connectivity index (χ1v) is 17.8. The fraction of sp³-hybridized carbons (Fsp3) is 0.310. The van der Waals surface area contributed by atoms with Crippen LogP contribution in [-0.2, 0) is 25.5 Å². The Morgan fingerprint density at radius 1 is 0.792 bits per heavy atom. The number of para-hydroxylation sites is 1. The Morgan fingerprint density at radius 2 is 1.43 bits per heavy atom. The summed E-state index contributed by atoms with van der Waals surface area (Å²) in [5.41, 5.74) is 7.62. The van der Waals surface area contributed by atoms with E-state index in [0.717, 1.165) is 44.4 Å². The van der Waals surface area contributed by atoms with E-state index in [-0.39, 0.29) is 24.9 Å². The van der Waals surface area contributed by atoms with E-state index in [9.17, 15) is 9.59 Å². The van der Waals surface area contributed by atoms with Gasteiger partial charge >= 0.3 is 12.1 Å². The minimum Gasteiger partial charge on any atom is -0.493 e. The molecule has 11 heteroatoms. The lowest BCUT2D eigenvalue weighted by Gasteiger charge is -2.43. The van der Waals surface area contributed by atoms with Gasteiger partial charge in [-0.1, -0.05) is 66.7 Å². The van der Waals surface area contributed by atoms with Crippen molar-refractivity contribution in [2.75, 3.05) is 41.6 Å². The second kappa shape index (κ2) is 13.9. The van der Waals surface area contributed by atoms with Gasteiger partial charge in [0.05, 0.1) is 34.5 Å². The third-order valence-electron chi connectivity index (χ3n) is 11.0. The van der Waals surface area contributed by atoms with Crippen LogP contribution in [0.1, 0.15) is 52.7 Å². The largest absolute Gasteiger partial charge is 0.493 e. The van der Waals surface area contributed by atoms with Crippen LogP contribution in [0.4, 0.5) is 4.79 Å². The molecule has 0 spiro atoms. The van der Waals surface area contributed by atoms with Crippen LogP contribution >= 0.6 is 0 Å². The summed E-state index contributed by atoms with van der Waals surface area (Å²) in [6, 6.07) is 25.1. The maximum atomic E-state index is 15.1. The molecule has 2 amide bonds. The Morgan fingerprint density at radius 3 is 2.08 bits per heavy atom. The Hall–Kier alpha value is -5.97. The highest BCUT2D eigenvalue weighted by Gasteiger charge is 2.49. The Labute approximate surface area is 307 Å². The number of nitrogens with zero attached hydrogens (tertiary/aromatic N) is 2. The molecule has 3 atom stereocenters. The number of likely N-dealkylation sites (tertiary alicyclic amines) is 1. The van der Waals surface area contributed by atoms with Gasteiger partial charge in [-0.15, -0.1) is 0 Å². The number of ether oxygens (including phenoxy) is 5. The first-order valence-electron chi connectivity index (χ1n) is 17.8. The van der Waals surface area contributed by atoms with Crippen LogP contribution in [0.2, 0.25) is 0 Å². The summed E-state index contributed by atoms with van der Waals surface area (Å²) >= 11 is 0. The maximum Gasteiger partial charge on any atom is 0.410 e. The Kier molecular flexibility index (Phi) is 8.93. The van der Waals surface area contributed by atoms with E-state index in [1.165, 1.54) is 33.3 Å². The number of hydrogen-bond donors (Lipinski definition) is 1. The third kappa shape index (κ3) is 5.62. The quantitative estimate of drug-likeness (QED) is 0.178. The van der Waals surface area contributed by atoms with Crippen molar-refractivity contribution in [3.05, 3.63) is 113 Å². The summed E-state index contributed by atoms with van der Waals surface area (Å²) in [6.07, 6.45) is 0.666. The van der Waals surface area contributed by atoms with Crippen molar-refractivity contribution in [1.29, 1.82) is 0 Å². The fourth-order valence-corrected chi connectivity index (χ4v) is 8.58. The number of hydrogen-bond acceptors (Lipinski definition) is 8. The number of esters is 1. The molecule has 1 N–H and O–H groups in total. The predicted molar refractivity (Wildman–Crippen MR) is 197 cm³/mol. The van der Waals surface area contributed by atoms with Crippen LogP contribution in [0, 0.1) is 0 Å². The predicted octanol–water partition coefficient (Wildman–Crippen LogP) is 6.62. The van der Waals surface area contributed by atoms with E-state index >= 15 is 4.79 Å². The van der Waals surface area contributed by atoms with Crippen molar-refractivity contribution in [2.45, 2.75) is 43.3 Å². The zero-order valence-corrected chi connectivity index (χ0v) is 30.1. The number of rotatable bonds is 8. The highest BCUT2D eigenvalue weighted by atomic mass is 16.6. The second-order valence-electron chi connectivity index (χ2n) is 13.6. The average Bonchev–Trinajstić information content (AvgIpc) is 3.93. The number of aromatic nitrogens is 1. The van der Waals surface area contributed by atoms with Crippen molar-refractivity contribution in [3.63, 3.8) is 0 Å². The van der Waals surface area contributed by atoms with Gasteiger partial charge < -0.3 is 33.6 Å². The van der Waals surface area contributed by atoms with Crippen LogP contribution in [-0.4, -0.2) is 86.4 Å². The number of carbonyl (C=O) groups excluding carboxylic acids is 3. The summed E-state index contributed by atoms with van der Waals surface area (Å²) in [5, 5.41) is 0.946. The number of benzene rings is 4. The molecule has 0 saturated carbocycles. The van der Waals surface area contributed by atoms with Gasteiger partial charge in [-0.2, -0.15) is 0 Å². The highest BCUT2D eigenvalue weighted by Crippen LogP contribution is 2.48. The van der Waals surface area contributed by atoms with Crippen molar-refractivity contribution in [1.82, 2.24) is 14.8 Å². The molecule has 3 aliphatic rings. The van der Waals surface area contributed by atoms with Crippen LogP contribution in [0.3, 0.4) is 0 Å². The van der Waals surface area contributed by atoms with Gasteiger partial charge in [0.1, 0.15) is 18.7 Å². The third-order valence-corrected chi connectivity index (χ3v) is 11.0. The van der Waals surface area contributed by atoms with E-state index in [2.05, 4.69) is 29.2 Å². The topological polar surface area (TPSA) is 120 Å². The summed E-state index contributed by atoms with van der Waals surface area (Å²) in [7, 11) is 5.91. The highest BCUT2D eigenvalue weighted by molar-refractivity contribution is 5.94. The first kappa shape index (κ1) is 34.1. The van der Waals surface area contributed by atoms with Crippen molar-refractivity contribution in [3.8, 4) is 28.4 Å². The van der Waals surface area contributed by atoms with Crippen molar-refractivity contribution >= 4 is 28.9 Å². The number of methoxy groups -OCH3 is 4. The number of carbonyl (C=O) groups is 3. The van der Waals surface area contributed by atoms with Crippen molar-refractivity contribution in [2.24, 2.45) is 0 Å². The molecule has 272 valence electrons. The Balaban J connectivity index is 1.17. The lowest BCUT2D eigenvalue weighted by molar-refractivity contribution is -0.157. The van der Waals surface area contributed by atoms with Gasteiger partial charge in [-0.05, 0) is 64.4 Å². The van der Waals surface area contributed by atoms with Gasteiger partial charge in [0, 0.05) is 35.5 Å². The van der Waals surface area contributed by atoms with E-state index in [0.29, 0.717) is 42.2 Å². The molecule has 0 radical (unpaired) electrons. The molecule has 2 aliphatic heterocycles. The molecule has 1 fully saturated rings. The molecule has 1 aromatic heterocycles. The molecule has 1 saturated heterocycles. The average molecular weight is 716 g/mol. The molecule has 53 heavy (non-hydrogen) atoms. The van der Waals surface area contributed by atoms with Gasteiger partial charge in [0.25, 0.3) is 0 Å². The summed E-state index contributed by atoms with van der Waals surface area (Å²) < 4.78 is 28.5. The Bertz CT molecular complexity index is 2160. The van der Waals surface area contributed by atoms with Gasteiger partial charge in [0.2, 0.25) is 11.7 Å². The lowest BCUT2D eigenvalue weighted by atomic mass is 9.87. The summed E-state index contributed by atoms with van der Waals surface area (Å²) in [4.78, 5) is 49.5. The lowest BCUT2D eigenvalue weighted by Crippen LogP contribution is -2.57. The number of aromatic amines is 1. The first-order chi connectivity index (χ1) is 25.9. The van der Waals surface area contributed by atoms with Crippen molar-refractivity contribution < 1.29 is 38.1 Å². The van der Waals surface area contributed by atoms with E-state index in [1.807, 2.05) is 48.5 Å². The smallest absolute Gasteiger partial charge is 0.410 e. The van der Waals surface area contributed by atoms with Crippen LogP contribution in [0.25, 0.3) is 22.0 Å². The molecule has 8 rings (SSSR count). The minimum absolute atomic E-state index is 0.126. The van der Waals surface area contributed by atoms with Gasteiger partial charge in [0.15, 0.2) is 11.5 Å².